The van der Waals surface area contributed by atoms with Gasteiger partial charge in [-0.2, -0.15) is 0 Å². The van der Waals surface area contributed by atoms with E-state index in [4.69, 9.17) is 5.73 Å². The van der Waals surface area contributed by atoms with Gasteiger partial charge >= 0.3 is 0 Å². The van der Waals surface area contributed by atoms with Crippen LogP contribution < -0.4 is 5.73 Å². The molecule has 3 heteroatoms. The van der Waals surface area contributed by atoms with Gasteiger partial charge in [-0.3, -0.25) is 4.79 Å². The molecule has 1 fully saturated rings. The molecule has 3 atom stereocenters. The molecule has 0 aromatic rings. The molecular weight excluding hydrogens is 212 g/mol. The maximum Gasteiger partial charge on any atom is 0.227 e. The van der Waals surface area contributed by atoms with Crippen LogP contribution in [0.15, 0.2) is 0 Å². The van der Waals surface area contributed by atoms with Gasteiger partial charge in [0.1, 0.15) is 0 Å². The number of nitrogens with zero attached hydrogens (tertiary/aromatic N) is 1. The van der Waals surface area contributed by atoms with E-state index in [1.54, 1.807) is 0 Å². The van der Waals surface area contributed by atoms with Crippen LogP contribution in [-0.2, 0) is 4.79 Å². The molecule has 0 aliphatic heterocycles. The molecule has 0 spiro atoms. The third kappa shape index (κ3) is 3.98. The largest absolute Gasteiger partial charge is 0.342 e. The van der Waals surface area contributed by atoms with E-state index in [0.29, 0.717) is 11.8 Å². The predicted octanol–water partition coefficient (Wildman–Crippen LogP) is 2.40. The maximum absolute atomic E-state index is 12.4. The number of rotatable bonds is 5. The zero-order valence-electron chi connectivity index (χ0n) is 11.6. The van der Waals surface area contributed by atoms with E-state index in [9.17, 15) is 4.79 Å². The summed E-state index contributed by atoms with van der Waals surface area (Å²) in [5.74, 6) is 0.950. The summed E-state index contributed by atoms with van der Waals surface area (Å²) in [6, 6.07) is 0.0854. The number of carbonyl (C=O) groups is 1. The van der Waals surface area contributed by atoms with Crippen molar-refractivity contribution >= 4 is 5.91 Å². The summed E-state index contributed by atoms with van der Waals surface area (Å²) in [7, 11) is 0. The summed E-state index contributed by atoms with van der Waals surface area (Å²) < 4.78 is 0. The molecule has 0 bridgehead atoms. The fraction of sp³-hybridized carbons (Fsp3) is 0.929. The maximum atomic E-state index is 12.4. The number of hydrogen-bond donors (Lipinski definition) is 1. The van der Waals surface area contributed by atoms with E-state index in [2.05, 4.69) is 20.8 Å². The van der Waals surface area contributed by atoms with Crippen LogP contribution in [0.5, 0.6) is 0 Å². The Hall–Kier alpha value is -0.570. The highest BCUT2D eigenvalue weighted by atomic mass is 16.2. The Labute approximate surface area is 106 Å². The average Bonchev–Trinajstić information content (AvgIpc) is 2.35. The first-order valence-electron chi connectivity index (χ1n) is 7.14. The second kappa shape index (κ2) is 7.00. The van der Waals surface area contributed by atoms with Gasteiger partial charge in [0.25, 0.3) is 0 Å². The van der Waals surface area contributed by atoms with Crippen molar-refractivity contribution in [2.45, 2.75) is 58.9 Å². The SMILES string of the molecule is CCC(C)CN(CC)C(=O)C1CCCCC1N. The molecule has 0 saturated heterocycles. The van der Waals surface area contributed by atoms with Gasteiger partial charge in [0.2, 0.25) is 5.91 Å². The van der Waals surface area contributed by atoms with Crippen LogP contribution in [0.1, 0.15) is 52.9 Å². The lowest BCUT2D eigenvalue weighted by molar-refractivity contribution is -0.137. The monoisotopic (exact) mass is 240 g/mol. The van der Waals surface area contributed by atoms with Crippen LogP contribution in [0.2, 0.25) is 0 Å². The number of hydrogen-bond acceptors (Lipinski definition) is 2. The first-order chi connectivity index (χ1) is 8.10. The fourth-order valence-corrected chi connectivity index (χ4v) is 2.58. The molecule has 1 amide bonds. The second-order valence-electron chi connectivity index (χ2n) is 5.45. The standard InChI is InChI=1S/C14H28N2O/c1-4-11(3)10-16(5-2)14(17)12-8-6-7-9-13(12)15/h11-13H,4-10,15H2,1-3H3. The highest BCUT2D eigenvalue weighted by Gasteiger charge is 2.31. The fourth-order valence-electron chi connectivity index (χ4n) is 2.58. The Bertz CT molecular complexity index is 242. The summed E-state index contributed by atoms with van der Waals surface area (Å²) in [5, 5.41) is 0. The summed E-state index contributed by atoms with van der Waals surface area (Å²) >= 11 is 0. The molecule has 1 saturated carbocycles. The van der Waals surface area contributed by atoms with Crippen LogP contribution in [-0.4, -0.2) is 29.9 Å². The summed E-state index contributed by atoms with van der Waals surface area (Å²) in [6.45, 7) is 8.14. The minimum atomic E-state index is 0.0766. The van der Waals surface area contributed by atoms with E-state index in [1.807, 2.05) is 4.90 Å². The molecule has 100 valence electrons. The predicted molar refractivity (Wildman–Crippen MR) is 71.6 cm³/mol. The van der Waals surface area contributed by atoms with Gasteiger partial charge in [-0.25, -0.2) is 0 Å². The summed E-state index contributed by atoms with van der Waals surface area (Å²) in [6.07, 6.45) is 5.46. The number of amides is 1. The summed E-state index contributed by atoms with van der Waals surface area (Å²) in [5.41, 5.74) is 6.09. The van der Waals surface area contributed by atoms with Crippen LogP contribution in [0.25, 0.3) is 0 Å². The van der Waals surface area contributed by atoms with Crippen molar-refractivity contribution < 1.29 is 4.79 Å². The molecule has 1 aliphatic carbocycles. The minimum absolute atomic E-state index is 0.0766. The van der Waals surface area contributed by atoms with Gasteiger partial charge < -0.3 is 10.6 Å². The van der Waals surface area contributed by atoms with Crippen LogP contribution in [0.3, 0.4) is 0 Å². The summed E-state index contributed by atoms with van der Waals surface area (Å²) in [4.78, 5) is 14.4. The first kappa shape index (κ1) is 14.5. The van der Waals surface area contributed by atoms with E-state index >= 15 is 0 Å². The minimum Gasteiger partial charge on any atom is -0.342 e. The van der Waals surface area contributed by atoms with Crippen LogP contribution >= 0.6 is 0 Å². The number of nitrogens with two attached hydrogens (primary N) is 1. The second-order valence-corrected chi connectivity index (χ2v) is 5.45. The Morgan fingerprint density at radius 1 is 1.35 bits per heavy atom. The quantitative estimate of drug-likeness (QED) is 0.802. The molecular formula is C14H28N2O. The number of carbonyl (C=O) groups excluding carboxylic acids is 1. The lowest BCUT2D eigenvalue weighted by atomic mass is 9.84. The van der Waals surface area contributed by atoms with Crippen molar-refractivity contribution in [2.75, 3.05) is 13.1 Å². The topological polar surface area (TPSA) is 46.3 Å². The van der Waals surface area contributed by atoms with Gasteiger partial charge in [-0.05, 0) is 25.7 Å². The van der Waals surface area contributed by atoms with Gasteiger partial charge in [0.15, 0.2) is 0 Å². The molecule has 0 aromatic carbocycles. The van der Waals surface area contributed by atoms with Crippen molar-refractivity contribution in [3.8, 4) is 0 Å². The molecule has 3 unspecified atom stereocenters. The Morgan fingerprint density at radius 2 is 2.00 bits per heavy atom. The lowest BCUT2D eigenvalue weighted by Gasteiger charge is -2.33. The van der Waals surface area contributed by atoms with Gasteiger partial charge in [0.05, 0.1) is 5.92 Å². The molecule has 0 heterocycles. The van der Waals surface area contributed by atoms with Crippen molar-refractivity contribution in [2.24, 2.45) is 17.6 Å². The average molecular weight is 240 g/mol. The molecule has 3 nitrogen and oxygen atoms in total. The van der Waals surface area contributed by atoms with Gasteiger partial charge in [-0.15, -0.1) is 0 Å². The van der Waals surface area contributed by atoms with Crippen molar-refractivity contribution in [3.05, 3.63) is 0 Å². The highest BCUT2D eigenvalue weighted by molar-refractivity contribution is 5.79. The highest BCUT2D eigenvalue weighted by Crippen LogP contribution is 2.25. The third-order valence-electron chi connectivity index (χ3n) is 4.06. The molecule has 17 heavy (non-hydrogen) atoms. The zero-order valence-corrected chi connectivity index (χ0v) is 11.6. The van der Waals surface area contributed by atoms with Crippen molar-refractivity contribution in [1.82, 2.24) is 4.90 Å². The molecule has 0 radical (unpaired) electrons. The first-order valence-corrected chi connectivity index (χ1v) is 7.14. The van der Waals surface area contributed by atoms with E-state index in [0.717, 1.165) is 38.8 Å². The molecule has 1 rings (SSSR count). The Kier molecular flexibility index (Phi) is 5.96. The van der Waals surface area contributed by atoms with Crippen molar-refractivity contribution in [1.29, 1.82) is 0 Å². The van der Waals surface area contributed by atoms with E-state index in [-0.39, 0.29) is 12.0 Å². The van der Waals surface area contributed by atoms with E-state index in [1.165, 1.54) is 6.42 Å². The lowest BCUT2D eigenvalue weighted by Crippen LogP contribution is -2.46. The van der Waals surface area contributed by atoms with Crippen molar-refractivity contribution in [3.63, 3.8) is 0 Å². The van der Waals surface area contributed by atoms with Gasteiger partial charge in [0, 0.05) is 19.1 Å². The van der Waals surface area contributed by atoms with Gasteiger partial charge in [-0.1, -0.05) is 33.1 Å². The van der Waals surface area contributed by atoms with Crippen LogP contribution in [0, 0.1) is 11.8 Å². The Morgan fingerprint density at radius 3 is 2.53 bits per heavy atom. The smallest absolute Gasteiger partial charge is 0.227 e. The van der Waals surface area contributed by atoms with E-state index < -0.39 is 0 Å². The third-order valence-corrected chi connectivity index (χ3v) is 4.06. The molecule has 0 aromatic heterocycles. The molecule has 2 N–H and O–H groups in total. The van der Waals surface area contributed by atoms with Crippen LogP contribution in [0.4, 0.5) is 0 Å². The zero-order chi connectivity index (χ0) is 12.8. The normalized spacial score (nSPS) is 26.6. The Balaban J connectivity index is 2.58. The molecule has 1 aliphatic rings.